The van der Waals surface area contributed by atoms with Crippen LogP contribution in [0.15, 0.2) is 47.6 Å². The Morgan fingerprint density at radius 1 is 1.21 bits per heavy atom. The molecule has 1 amide bonds. The van der Waals surface area contributed by atoms with Crippen LogP contribution in [0.5, 0.6) is 11.5 Å². The number of rotatable bonds is 9. The average molecular weight is 407 g/mol. The number of halogens is 2. The highest BCUT2D eigenvalue weighted by Crippen LogP contribution is 2.23. The van der Waals surface area contributed by atoms with Gasteiger partial charge >= 0.3 is 6.61 Å². The fourth-order valence-corrected chi connectivity index (χ4v) is 3.24. The molecule has 6 nitrogen and oxygen atoms in total. The normalized spacial score (nSPS) is 11.0. The molecule has 148 valence electrons. The summed E-state index contributed by atoms with van der Waals surface area (Å²) >= 11 is 1.31. The average Bonchev–Trinajstić information content (AvgIpc) is 3.09. The van der Waals surface area contributed by atoms with E-state index < -0.39 is 6.61 Å². The largest absolute Gasteiger partial charge is 0.497 e. The number of thioether (sulfide) groups is 1. The second-order valence-electron chi connectivity index (χ2n) is 5.84. The van der Waals surface area contributed by atoms with Crippen molar-refractivity contribution in [2.45, 2.75) is 18.2 Å². The molecule has 0 saturated carbocycles. The van der Waals surface area contributed by atoms with Gasteiger partial charge in [-0.3, -0.25) is 4.79 Å². The van der Waals surface area contributed by atoms with Gasteiger partial charge in [0.25, 0.3) is 0 Å². The summed E-state index contributed by atoms with van der Waals surface area (Å²) in [4.78, 5) is 19.6. The van der Waals surface area contributed by atoms with Crippen molar-refractivity contribution in [3.63, 3.8) is 0 Å². The molecule has 1 heterocycles. The number of amides is 1. The predicted molar refractivity (Wildman–Crippen MR) is 103 cm³/mol. The SMILES string of the molecule is COc1ccc2nc(SCC(=O)NCCc3ccc(OC(F)F)cc3)[nH]c2c1. The van der Waals surface area contributed by atoms with Crippen LogP contribution < -0.4 is 14.8 Å². The molecule has 0 aliphatic heterocycles. The minimum Gasteiger partial charge on any atom is -0.497 e. The number of nitrogens with one attached hydrogen (secondary N) is 2. The van der Waals surface area contributed by atoms with Gasteiger partial charge < -0.3 is 19.8 Å². The van der Waals surface area contributed by atoms with Crippen LogP contribution in [0.25, 0.3) is 11.0 Å². The molecular weight excluding hydrogens is 388 g/mol. The highest BCUT2D eigenvalue weighted by molar-refractivity contribution is 7.99. The number of hydrogen-bond donors (Lipinski definition) is 2. The number of hydrogen-bond acceptors (Lipinski definition) is 5. The summed E-state index contributed by atoms with van der Waals surface area (Å²) in [5, 5.41) is 3.49. The molecule has 1 aromatic heterocycles. The highest BCUT2D eigenvalue weighted by atomic mass is 32.2. The summed E-state index contributed by atoms with van der Waals surface area (Å²) in [5.74, 6) is 0.973. The number of H-pyrrole nitrogens is 1. The van der Waals surface area contributed by atoms with Crippen LogP contribution in [0.3, 0.4) is 0 Å². The van der Waals surface area contributed by atoms with Gasteiger partial charge in [0, 0.05) is 12.6 Å². The number of imidazole rings is 1. The van der Waals surface area contributed by atoms with Crippen LogP contribution in [0, 0.1) is 0 Å². The summed E-state index contributed by atoms with van der Waals surface area (Å²) in [6, 6.07) is 11.9. The zero-order valence-corrected chi connectivity index (χ0v) is 15.9. The number of ether oxygens (including phenoxy) is 2. The number of alkyl halides is 2. The Kier molecular flexibility index (Phi) is 6.70. The second kappa shape index (κ2) is 9.41. The standard InChI is InChI=1S/C19H19F2N3O3S/c1-26-14-6-7-15-16(10-14)24-19(23-15)28-11-17(25)22-9-8-12-2-4-13(5-3-12)27-18(20)21/h2-7,10,18H,8-9,11H2,1H3,(H,22,25)(H,23,24). The molecule has 0 aliphatic rings. The van der Waals surface area contributed by atoms with Gasteiger partial charge in [-0.15, -0.1) is 0 Å². The third kappa shape index (κ3) is 5.59. The summed E-state index contributed by atoms with van der Waals surface area (Å²) in [6.45, 7) is -2.39. The summed E-state index contributed by atoms with van der Waals surface area (Å²) in [7, 11) is 1.60. The fourth-order valence-electron chi connectivity index (χ4n) is 2.53. The van der Waals surface area contributed by atoms with E-state index in [0.717, 1.165) is 22.3 Å². The van der Waals surface area contributed by atoms with Crippen molar-refractivity contribution in [2.24, 2.45) is 0 Å². The van der Waals surface area contributed by atoms with E-state index in [1.165, 1.54) is 23.9 Å². The lowest BCUT2D eigenvalue weighted by Gasteiger charge is -2.07. The molecule has 2 aromatic carbocycles. The monoisotopic (exact) mass is 407 g/mol. The molecular formula is C19H19F2N3O3S. The molecule has 0 radical (unpaired) electrons. The molecule has 3 aromatic rings. The Hall–Kier alpha value is -2.81. The third-order valence-corrected chi connectivity index (χ3v) is 4.76. The predicted octanol–water partition coefficient (Wildman–Crippen LogP) is 3.62. The molecule has 0 bridgehead atoms. The van der Waals surface area contributed by atoms with Crippen LogP contribution in [0.2, 0.25) is 0 Å². The van der Waals surface area contributed by atoms with Gasteiger partial charge in [0.1, 0.15) is 11.5 Å². The van der Waals surface area contributed by atoms with Gasteiger partial charge in [-0.25, -0.2) is 4.98 Å². The number of aromatic amines is 1. The van der Waals surface area contributed by atoms with Gasteiger partial charge in [-0.05, 0) is 36.2 Å². The van der Waals surface area contributed by atoms with Crippen molar-refractivity contribution in [3.05, 3.63) is 48.0 Å². The van der Waals surface area contributed by atoms with Gasteiger partial charge in [-0.1, -0.05) is 23.9 Å². The fraction of sp³-hybridized carbons (Fsp3) is 0.263. The molecule has 3 rings (SSSR count). The minimum absolute atomic E-state index is 0.110. The Balaban J connectivity index is 1.42. The molecule has 0 atom stereocenters. The molecule has 9 heteroatoms. The lowest BCUT2D eigenvalue weighted by molar-refractivity contribution is -0.118. The van der Waals surface area contributed by atoms with Crippen LogP contribution in [-0.4, -0.2) is 41.9 Å². The van der Waals surface area contributed by atoms with E-state index in [1.807, 2.05) is 18.2 Å². The topological polar surface area (TPSA) is 76.2 Å². The van der Waals surface area contributed by atoms with Gasteiger partial charge in [-0.2, -0.15) is 8.78 Å². The van der Waals surface area contributed by atoms with E-state index in [9.17, 15) is 13.6 Å². The number of methoxy groups -OCH3 is 1. The molecule has 0 fully saturated rings. The number of nitrogens with zero attached hydrogens (tertiary/aromatic N) is 1. The van der Waals surface area contributed by atoms with E-state index in [-0.39, 0.29) is 17.4 Å². The maximum atomic E-state index is 12.1. The van der Waals surface area contributed by atoms with Crippen molar-refractivity contribution < 1.29 is 23.0 Å². The lowest BCUT2D eigenvalue weighted by atomic mass is 10.1. The first-order valence-corrected chi connectivity index (χ1v) is 9.49. The molecule has 0 aliphatic carbocycles. The zero-order valence-electron chi connectivity index (χ0n) is 15.1. The van der Waals surface area contributed by atoms with Crippen molar-refractivity contribution in [2.75, 3.05) is 19.4 Å². The number of fused-ring (bicyclic) bond motifs is 1. The Morgan fingerprint density at radius 2 is 1.96 bits per heavy atom. The smallest absolute Gasteiger partial charge is 0.387 e. The summed E-state index contributed by atoms with van der Waals surface area (Å²) in [6.07, 6.45) is 0.593. The molecule has 0 unspecified atom stereocenters. The Labute approximate surface area is 164 Å². The van der Waals surface area contributed by atoms with Gasteiger partial charge in [0.05, 0.1) is 23.9 Å². The second-order valence-corrected chi connectivity index (χ2v) is 6.80. The van der Waals surface area contributed by atoms with Crippen molar-refractivity contribution in [3.8, 4) is 11.5 Å². The Morgan fingerprint density at radius 3 is 2.68 bits per heavy atom. The zero-order chi connectivity index (χ0) is 19.9. The minimum atomic E-state index is -2.84. The maximum Gasteiger partial charge on any atom is 0.387 e. The number of carbonyl (C=O) groups is 1. The number of carbonyl (C=O) groups excluding carboxylic acids is 1. The number of benzene rings is 2. The van der Waals surface area contributed by atoms with Crippen LogP contribution in [0.4, 0.5) is 8.78 Å². The van der Waals surface area contributed by atoms with Crippen LogP contribution in [-0.2, 0) is 11.2 Å². The van der Waals surface area contributed by atoms with Gasteiger partial charge in [0.15, 0.2) is 5.16 Å². The summed E-state index contributed by atoms with van der Waals surface area (Å²) in [5.41, 5.74) is 2.57. The van der Waals surface area contributed by atoms with Crippen molar-refractivity contribution in [1.82, 2.24) is 15.3 Å². The lowest BCUT2D eigenvalue weighted by Crippen LogP contribution is -2.27. The first-order valence-electron chi connectivity index (χ1n) is 8.50. The molecule has 0 saturated heterocycles. The first-order chi connectivity index (χ1) is 13.5. The molecule has 2 N–H and O–H groups in total. The van der Waals surface area contributed by atoms with Crippen LogP contribution in [0.1, 0.15) is 5.56 Å². The van der Waals surface area contributed by atoms with Crippen molar-refractivity contribution in [1.29, 1.82) is 0 Å². The van der Waals surface area contributed by atoms with E-state index in [2.05, 4.69) is 20.0 Å². The first kappa shape index (κ1) is 19.9. The third-order valence-electron chi connectivity index (χ3n) is 3.89. The van der Waals surface area contributed by atoms with Gasteiger partial charge in [0.2, 0.25) is 5.91 Å². The van der Waals surface area contributed by atoms with E-state index >= 15 is 0 Å². The highest BCUT2D eigenvalue weighted by Gasteiger charge is 2.08. The van der Waals surface area contributed by atoms with Crippen LogP contribution >= 0.6 is 11.8 Å². The summed E-state index contributed by atoms with van der Waals surface area (Å²) < 4.78 is 33.7. The van der Waals surface area contributed by atoms with E-state index in [0.29, 0.717) is 18.1 Å². The molecule has 28 heavy (non-hydrogen) atoms. The van der Waals surface area contributed by atoms with E-state index in [1.54, 1.807) is 19.2 Å². The maximum absolute atomic E-state index is 12.1. The Bertz CT molecular complexity index is 932. The number of aromatic nitrogens is 2. The molecule has 0 spiro atoms. The van der Waals surface area contributed by atoms with E-state index in [4.69, 9.17) is 4.74 Å². The van der Waals surface area contributed by atoms with Crippen molar-refractivity contribution >= 4 is 28.7 Å². The quantitative estimate of drug-likeness (QED) is 0.530.